The van der Waals surface area contributed by atoms with Crippen LogP contribution in [0.15, 0.2) is 0 Å². The average molecular weight is 497 g/mol. The molecule has 2 N–H and O–H groups in total. The third-order valence-corrected chi connectivity index (χ3v) is 5.07. The monoisotopic (exact) mass is 496 g/mol. The van der Waals surface area contributed by atoms with Crippen molar-refractivity contribution in [2.75, 3.05) is 13.2 Å². The van der Waals surface area contributed by atoms with E-state index in [9.17, 15) is 14.2 Å². The predicted octanol–water partition coefficient (Wildman–Crippen LogP) is 4.28. The molecule has 0 radical (unpaired) electrons. The molecule has 8 nitrogen and oxygen atoms in total. The summed E-state index contributed by atoms with van der Waals surface area (Å²) in [7, 11) is -4.78. The number of rotatable bonds is 18. The smallest absolute Gasteiger partial charge is 0.456 e. The first-order chi connectivity index (χ1) is 16.3. The molecule has 0 bridgehead atoms. The largest absolute Gasteiger partial charge is 0.469 e. The van der Waals surface area contributed by atoms with Crippen molar-refractivity contribution in [2.24, 2.45) is 0 Å². The number of carbonyl (C=O) groups excluding carboxylic acids is 2. The van der Waals surface area contributed by atoms with E-state index in [1.807, 2.05) is 0 Å². The molecule has 0 fully saturated rings. The molecule has 0 aliphatic rings. The number of ether oxygens (including phenoxy) is 2. The van der Waals surface area contributed by atoms with Gasteiger partial charge < -0.3 is 19.3 Å². The van der Waals surface area contributed by atoms with Crippen LogP contribution in [0.4, 0.5) is 0 Å². The van der Waals surface area contributed by atoms with Crippen molar-refractivity contribution < 1.29 is 37.9 Å². The molecule has 0 rings (SSSR count). The fourth-order valence-electron chi connectivity index (χ4n) is 2.89. The van der Waals surface area contributed by atoms with Crippen molar-refractivity contribution in [3.8, 4) is 35.5 Å². The van der Waals surface area contributed by atoms with Gasteiger partial charge in [-0.05, 0) is 37.0 Å². The van der Waals surface area contributed by atoms with Gasteiger partial charge in [-0.15, -0.1) is 0 Å². The Morgan fingerprint density at radius 1 is 0.824 bits per heavy atom. The van der Waals surface area contributed by atoms with Gasteiger partial charge >= 0.3 is 19.8 Å². The Labute approximate surface area is 203 Å². The van der Waals surface area contributed by atoms with Gasteiger partial charge in [0, 0.05) is 12.3 Å². The third kappa shape index (κ3) is 22.9. The standard InChI is InChI=1S/C25H37O8P/c1-3-5-7-9-10-11-12-13-14-16-18-20-25(27)33-23(22-32-34(28,29)30)21-31-24(26)19-17-15-8-6-4-2/h23H,3,5,7,9-14,16,18,20-22H2,1-2H3,(H2,28,29,30)/t23-/m0/s1. The molecule has 0 aliphatic heterocycles. The molecule has 1 atom stereocenters. The summed E-state index contributed by atoms with van der Waals surface area (Å²) in [6, 6.07) is 0. The van der Waals surface area contributed by atoms with E-state index < -0.39 is 39.1 Å². The lowest BCUT2D eigenvalue weighted by molar-refractivity contribution is -0.158. The fourth-order valence-corrected chi connectivity index (χ4v) is 3.25. The van der Waals surface area contributed by atoms with E-state index in [1.54, 1.807) is 6.92 Å². The predicted molar refractivity (Wildman–Crippen MR) is 129 cm³/mol. The Hall–Kier alpha value is -2.27. The van der Waals surface area contributed by atoms with Gasteiger partial charge in [0.25, 0.3) is 0 Å². The van der Waals surface area contributed by atoms with Crippen LogP contribution in [0, 0.1) is 35.5 Å². The molecule has 0 saturated heterocycles. The first-order valence-electron chi connectivity index (χ1n) is 11.8. The Kier molecular flexibility index (Phi) is 19.9. The maximum atomic E-state index is 12.1. The van der Waals surface area contributed by atoms with Gasteiger partial charge in [0.15, 0.2) is 6.10 Å². The molecule has 0 aromatic rings. The van der Waals surface area contributed by atoms with E-state index in [1.165, 1.54) is 44.9 Å². The number of phosphoric ester groups is 1. The summed E-state index contributed by atoms with van der Waals surface area (Å²) in [5.41, 5.74) is 0. The van der Waals surface area contributed by atoms with E-state index in [-0.39, 0.29) is 6.42 Å². The number of carbonyl (C=O) groups is 2. The zero-order chi connectivity index (χ0) is 25.5. The zero-order valence-electron chi connectivity index (χ0n) is 20.3. The molecule has 0 aliphatic carbocycles. The third-order valence-electron chi connectivity index (χ3n) is 4.59. The molecule has 34 heavy (non-hydrogen) atoms. The van der Waals surface area contributed by atoms with Crippen LogP contribution in [0.2, 0.25) is 0 Å². The SMILES string of the molecule is CC#CC#CC#CC(=O)OC[C@@H](COP(=O)(O)O)OC(=O)CCCCCCCCCCCCC. The van der Waals surface area contributed by atoms with Crippen LogP contribution >= 0.6 is 7.82 Å². The molecule has 0 unspecified atom stereocenters. The first-order valence-corrected chi connectivity index (χ1v) is 13.3. The number of hydrogen-bond acceptors (Lipinski definition) is 6. The van der Waals surface area contributed by atoms with Gasteiger partial charge in [0.2, 0.25) is 0 Å². The molecule has 0 aromatic carbocycles. The van der Waals surface area contributed by atoms with E-state index in [2.05, 4.69) is 47.0 Å². The zero-order valence-corrected chi connectivity index (χ0v) is 21.2. The van der Waals surface area contributed by atoms with E-state index >= 15 is 0 Å². The van der Waals surface area contributed by atoms with Gasteiger partial charge in [0.05, 0.1) is 6.61 Å². The van der Waals surface area contributed by atoms with Crippen LogP contribution in [-0.4, -0.2) is 41.0 Å². The average Bonchev–Trinajstić information content (AvgIpc) is 2.78. The second-order valence-corrected chi connectivity index (χ2v) is 8.90. The van der Waals surface area contributed by atoms with Crippen molar-refractivity contribution in [1.82, 2.24) is 0 Å². The second-order valence-electron chi connectivity index (χ2n) is 7.66. The molecule has 0 amide bonds. The van der Waals surface area contributed by atoms with Crippen LogP contribution in [-0.2, 0) is 28.2 Å². The highest BCUT2D eigenvalue weighted by molar-refractivity contribution is 7.46. The molecule has 0 aromatic heterocycles. The van der Waals surface area contributed by atoms with Crippen molar-refractivity contribution in [3.05, 3.63) is 0 Å². The van der Waals surface area contributed by atoms with E-state index in [4.69, 9.17) is 19.3 Å². The molecule has 0 spiro atoms. The van der Waals surface area contributed by atoms with Crippen molar-refractivity contribution in [2.45, 2.75) is 97.0 Å². The Morgan fingerprint density at radius 2 is 1.38 bits per heavy atom. The number of phosphoric acid groups is 1. The van der Waals surface area contributed by atoms with Gasteiger partial charge in [-0.25, -0.2) is 9.36 Å². The van der Waals surface area contributed by atoms with E-state index in [0.717, 1.165) is 19.3 Å². The van der Waals surface area contributed by atoms with Crippen molar-refractivity contribution in [1.29, 1.82) is 0 Å². The lowest BCUT2D eigenvalue weighted by Crippen LogP contribution is -2.29. The number of unbranched alkanes of at least 4 members (excludes halogenated alkanes) is 10. The molecule has 0 saturated carbocycles. The Balaban J connectivity index is 4.25. The molecule has 9 heteroatoms. The summed E-state index contributed by atoms with van der Waals surface area (Å²) in [6.45, 7) is 2.73. The second kappa shape index (κ2) is 21.3. The highest BCUT2D eigenvalue weighted by atomic mass is 31.2. The van der Waals surface area contributed by atoms with Crippen LogP contribution in [0.1, 0.15) is 90.9 Å². The topological polar surface area (TPSA) is 119 Å². The van der Waals surface area contributed by atoms with Gasteiger partial charge in [0.1, 0.15) is 6.61 Å². The van der Waals surface area contributed by atoms with Gasteiger partial charge in [-0.1, -0.05) is 77.1 Å². The highest BCUT2D eigenvalue weighted by Gasteiger charge is 2.22. The maximum absolute atomic E-state index is 12.1. The van der Waals surface area contributed by atoms with Crippen LogP contribution in [0.25, 0.3) is 0 Å². The van der Waals surface area contributed by atoms with Gasteiger partial charge in [-0.2, -0.15) is 0 Å². The Morgan fingerprint density at radius 3 is 1.94 bits per heavy atom. The molecule has 190 valence electrons. The summed E-state index contributed by atoms with van der Waals surface area (Å²) in [5.74, 6) is 12.6. The van der Waals surface area contributed by atoms with Crippen LogP contribution in [0.5, 0.6) is 0 Å². The van der Waals surface area contributed by atoms with Crippen LogP contribution < -0.4 is 0 Å². The fraction of sp³-hybridized carbons (Fsp3) is 0.680. The highest BCUT2D eigenvalue weighted by Crippen LogP contribution is 2.35. The minimum atomic E-state index is -4.78. The van der Waals surface area contributed by atoms with Crippen LogP contribution in [0.3, 0.4) is 0 Å². The van der Waals surface area contributed by atoms with E-state index in [0.29, 0.717) is 6.42 Å². The quantitative estimate of drug-likeness (QED) is 0.0949. The number of esters is 2. The summed E-state index contributed by atoms with van der Waals surface area (Å²) in [6.07, 6.45) is 11.6. The maximum Gasteiger partial charge on any atom is 0.469 e. The lowest BCUT2D eigenvalue weighted by atomic mass is 10.1. The van der Waals surface area contributed by atoms with Crippen molar-refractivity contribution >= 4 is 19.8 Å². The summed E-state index contributed by atoms with van der Waals surface area (Å²) < 4.78 is 25.4. The first kappa shape index (κ1) is 31.7. The molecular formula is C25H37O8P. The normalized spacial score (nSPS) is 11.1. The number of hydrogen-bond donors (Lipinski definition) is 2. The minimum Gasteiger partial charge on any atom is -0.456 e. The lowest BCUT2D eigenvalue weighted by Gasteiger charge is -2.17. The Bertz CT molecular complexity index is 813. The summed E-state index contributed by atoms with van der Waals surface area (Å²) in [5, 5.41) is 0. The van der Waals surface area contributed by atoms with Crippen molar-refractivity contribution in [3.63, 3.8) is 0 Å². The van der Waals surface area contributed by atoms with Gasteiger partial charge in [-0.3, -0.25) is 9.32 Å². The molecular weight excluding hydrogens is 459 g/mol. The minimum absolute atomic E-state index is 0.158. The summed E-state index contributed by atoms with van der Waals surface area (Å²) in [4.78, 5) is 41.4. The summed E-state index contributed by atoms with van der Waals surface area (Å²) >= 11 is 0. The molecule has 0 heterocycles.